The highest BCUT2D eigenvalue weighted by Gasteiger charge is 2.12. The van der Waals surface area contributed by atoms with Gasteiger partial charge in [-0.3, -0.25) is 14.6 Å². The van der Waals surface area contributed by atoms with Gasteiger partial charge >= 0.3 is 6.61 Å². The minimum atomic E-state index is -2.98. The fourth-order valence-corrected chi connectivity index (χ4v) is 2.84. The molecule has 1 heterocycles. The van der Waals surface area contributed by atoms with E-state index in [9.17, 15) is 18.4 Å². The number of hydrogen-bond acceptors (Lipinski definition) is 5. The Kier molecular flexibility index (Phi) is 8.07. The lowest BCUT2D eigenvalue weighted by Gasteiger charge is -2.12. The summed E-state index contributed by atoms with van der Waals surface area (Å²) >= 11 is 0. The minimum absolute atomic E-state index is 0.0904. The standard InChI is InChI=1S/C24H21F2N3O4/c1-2-32-21-15-16(7-9-20(21)33-24(25)26)8-10-22(30)28-18-5-3-4-6-19(18)29-23(31)17-11-13-27-14-12-17/h3-15,24H,2H2,1H3,(H,28,30)(H,29,31). The predicted octanol–water partition coefficient (Wildman–Crippen LogP) is 4.99. The van der Waals surface area contributed by atoms with E-state index in [4.69, 9.17) is 4.74 Å². The zero-order valence-electron chi connectivity index (χ0n) is 17.6. The summed E-state index contributed by atoms with van der Waals surface area (Å²) in [5.41, 5.74) is 1.81. The van der Waals surface area contributed by atoms with E-state index >= 15 is 0 Å². The third kappa shape index (κ3) is 6.86. The quantitative estimate of drug-likeness (QED) is 0.446. The van der Waals surface area contributed by atoms with Crippen LogP contribution in [0.4, 0.5) is 20.2 Å². The average Bonchev–Trinajstić information content (AvgIpc) is 2.81. The molecule has 33 heavy (non-hydrogen) atoms. The van der Waals surface area contributed by atoms with Crippen molar-refractivity contribution in [2.45, 2.75) is 13.5 Å². The Hall–Kier alpha value is -4.27. The van der Waals surface area contributed by atoms with E-state index < -0.39 is 12.5 Å². The predicted molar refractivity (Wildman–Crippen MR) is 121 cm³/mol. The number of nitrogens with zero attached hydrogens (tertiary/aromatic N) is 1. The molecule has 0 atom stereocenters. The molecule has 0 unspecified atom stereocenters. The highest BCUT2D eigenvalue weighted by Crippen LogP contribution is 2.30. The topological polar surface area (TPSA) is 89.6 Å². The summed E-state index contributed by atoms with van der Waals surface area (Å²) in [6.07, 6.45) is 5.80. The number of anilines is 2. The summed E-state index contributed by atoms with van der Waals surface area (Å²) in [7, 11) is 0. The second kappa shape index (κ2) is 11.4. The molecule has 0 fully saturated rings. The molecule has 3 aromatic rings. The molecular weight excluding hydrogens is 432 g/mol. The molecule has 0 bridgehead atoms. The first kappa shape index (κ1) is 23.4. The molecule has 1 aromatic heterocycles. The summed E-state index contributed by atoms with van der Waals surface area (Å²) in [4.78, 5) is 28.7. The summed E-state index contributed by atoms with van der Waals surface area (Å²) < 4.78 is 34.8. The zero-order chi connectivity index (χ0) is 23.6. The fraction of sp³-hybridized carbons (Fsp3) is 0.125. The van der Waals surface area contributed by atoms with E-state index in [1.165, 1.54) is 42.7 Å². The van der Waals surface area contributed by atoms with Crippen molar-refractivity contribution >= 4 is 29.3 Å². The van der Waals surface area contributed by atoms with Crippen molar-refractivity contribution in [2.75, 3.05) is 17.2 Å². The number of alkyl halides is 2. The Bertz CT molecular complexity index is 1140. The molecule has 0 aliphatic carbocycles. The molecule has 2 N–H and O–H groups in total. The molecule has 9 heteroatoms. The molecule has 7 nitrogen and oxygen atoms in total. The van der Waals surface area contributed by atoms with Crippen LogP contribution in [-0.2, 0) is 4.79 Å². The van der Waals surface area contributed by atoms with Crippen molar-refractivity contribution in [1.82, 2.24) is 4.98 Å². The number of nitrogens with one attached hydrogen (secondary N) is 2. The maximum Gasteiger partial charge on any atom is 0.387 e. The summed E-state index contributed by atoms with van der Waals surface area (Å²) in [5, 5.41) is 5.46. The van der Waals surface area contributed by atoms with E-state index in [2.05, 4.69) is 20.4 Å². The number of ether oxygens (including phenoxy) is 2. The number of benzene rings is 2. The molecule has 0 saturated heterocycles. The lowest BCUT2D eigenvalue weighted by atomic mass is 10.2. The number of amides is 2. The van der Waals surface area contributed by atoms with Gasteiger partial charge < -0.3 is 20.1 Å². The third-order valence-electron chi connectivity index (χ3n) is 4.29. The van der Waals surface area contributed by atoms with Crippen molar-refractivity contribution in [1.29, 1.82) is 0 Å². The van der Waals surface area contributed by atoms with Crippen molar-refractivity contribution in [3.05, 3.63) is 84.2 Å². The minimum Gasteiger partial charge on any atom is -0.490 e. The van der Waals surface area contributed by atoms with Crippen LogP contribution in [0, 0.1) is 0 Å². The first-order chi connectivity index (χ1) is 16.0. The number of pyridine rings is 1. The Labute approximate surface area is 189 Å². The fourth-order valence-electron chi connectivity index (χ4n) is 2.84. The summed E-state index contributed by atoms with van der Waals surface area (Å²) in [6.45, 7) is -1.00. The zero-order valence-corrected chi connectivity index (χ0v) is 17.6. The highest BCUT2D eigenvalue weighted by atomic mass is 19.3. The molecule has 0 spiro atoms. The number of aromatic nitrogens is 1. The van der Waals surface area contributed by atoms with E-state index in [0.717, 1.165) is 0 Å². The van der Waals surface area contributed by atoms with Crippen LogP contribution in [-0.4, -0.2) is 30.0 Å². The monoisotopic (exact) mass is 453 g/mol. The van der Waals surface area contributed by atoms with Gasteiger partial charge in [0.1, 0.15) is 0 Å². The molecule has 0 saturated carbocycles. The van der Waals surface area contributed by atoms with Crippen LogP contribution in [0.2, 0.25) is 0 Å². The van der Waals surface area contributed by atoms with Gasteiger partial charge in [-0.25, -0.2) is 0 Å². The van der Waals surface area contributed by atoms with Gasteiger partial charge in [-0.15, -0.1) is 0 Å². The van der Waals surface area contributed by atoms with Gasteiger partial charge in [0.2, 0.25) is 5.91 Å². The van der Waals surface area contributed by atoms with Crippen LogP contribution in [0.5, 0.6) is 11.5 Å². The molecule has 3 rings (SSSR count). The number of hydrogen-bond donors (Lipinski definition) is 2. The van der Waals surface area contributed by atoms with Gasteiger partial charge in [0.25, 0.3) is 5.91 Å². The number of carbonyl (C=O) groups excluding carboxylic acids is 2. The van der Waals surface area contributed by atoms with Crippen molar-refractivity contribution in [3.63, 3.8) is 0 Å². The Balaban J connectivity index is 1.70. The van der Waals surface area contributed by atoms with E-state index in [0.29, 0.717) is 22.5 Å². The molecule has 0 aliphatic heterocycles. The Morgan fingerprint density at radius 1 is 1.00 bits per heavy atom. The summed E-state index contributed by atoms with van der Waals surface area (Å²) in [6, 6.07) is 14.3. The van der Waals surface area contributed by atoms with Gasteiger partial charge in [-0.1, -0.05) is 18.2 Å². The molecule has 2 aromatic carbocycles. The first-order valence-electron chi connectivity index (χ1n) is 9.97. The molecule has 0 radical (unpaired) electrons. The van der Waals surface area contributed by atoms with Crippen LogP contribution >= 0.6 is 0 Å². The van der Waals surface area contributed by atoms with Crippen LogP contribution in [0.3, 0.4) is 0 Å². The van der Waals surface area contributed by atoms with Gasteiger partial charge in [-0.2, -0.15) is 8.78 Å². The van der Waals surface area contributed by atoms with Gasteiger partial charge in [0.15, 0.2) is 11.5 Å². The summed E-state index contributed by atoms with van der Waals surface area (Å²) in [5.74, 6) is -0.743. The maximum absolute atomic E-state index is 12.5. The number of carbonyl (C=O) groups is 2. The van der Waals surface area contributed by atoms with Gasteiger partial charge in [0, 0.05) is 24.0 Å². The van der Waals surface area contributed by atoms with Gasteiger partial charge in [-0.05, 0) is 55.0 Å². The van der Waals surface area contributed by atoms with Crippen molar-refractivity contribution in [3.8, 4) is 11.5 Å². The van der Waals surface area contributed by atoms with E-state index in [-0.39, 0.29) is 24.0 Å². The largest absolute Gasteiger partial charge is 0.490 e. The number of para-hydroxylation sites is 2. The van der Waals surface area contributed by atoms with Crippen LogP contribution in [0.15, 0.2) is 73.1 Å². The van der Waals surface area contributed by atoms with Gasteiger partial charge in [0.05, 0.1) is 18.0 Å². The SMILES string of the molecule is CCOc1cc(C=CC(=O)Nc2ccccc2NC(=O)c2ccncc2)ccc1OC(F)F. The smallest absolute Gasteiger partial charge is 0.387 e. The second-order valence-electron chi connectivity index (χ2n) is 6.58. The Morgan fingerprint density at radius 3 is 2.36 bits per heavy atom. The Morgan fingerprint density at radius 2 is 1.70 bits per heavy atom. The first-order valence-corrected chi connectivity index (χ1v) is 9.97. The highest BCUT2D eigenvalue weighted by molar-refractivity contribution is 6.09. The van der Waals surface area contributed by atoms with Crippen LogP contribution in [0.1, 0.15) is 22.8 Å². The lowest BCUT2D eigenvalue weighted by Crippen LogP contribution is -2.15. The third-order valence-corrected chi connectivity index (χ3v) is 4.29. The normalized spacial score (nSPS) is 10.8. The molecule has 0 aliphatic rings. The average molecular weight is 453 g/mol. The second-order valence-corrected chi connectivity index (χ2v) is 6.58. The number of rotatable bonds is 9. The van der Waals surface area contributed by atoms with Crippen molar-refractivity contribution in [2.24, 2.45) is 0 Å². The maximum atomic E-state index is 12.5. The molecule has 170 valence electrons. The molecule has 2 amide bonds. The number of halogens is 2. The van der Waals surface area contributed by atoms with E-state index in [1.807, 2.05) is 0 Å². The van der Waals surface area contributed by atoms with Crippen molar-refractivity contribution < 1.29 is 27.8 Å². The van der Waals surface area contributed by atoms with Crippen LogP contribution < -0.4 is 20.1 Å². The molecular formula is C24H21F2N3O4. The van der Waals surface area contributed by atoms with Crippen LogP contribution in [0.25, 0.3) is 6.08 Å². The lowest BCUT2D eigenvalue weighted by molar-refractivity contribution is -0.111. The van der Waals surface area contributed by atoms with E-state index in [1.54, 1.807) is 43.3 Å².